The van der Waals surface area contributed by atoms with Gasteiger partial charge in [-0.05, 0) is 6.07 Å². The van der Waals surface area contributed by atoms with E-state index < -0.39 is 0 Å². The zero-order valence-corrected chi connectivity index (χ0v) is 11.1. The molecule has 0 spiro atoms. The maximum atomic E-state index is 5.71. The van der Waals surface area contributed by atoms with Gasteiger partial charge in [-0.2, -0.15) is 5.10 Å². The largest absolute Gasteiger partial charge is 0.370 e. The van der Waals surface area contributed by atoms with Gasteiger partial charge in [0.2, 0.25) is 0 Å². The van der Waals surface area contributed by atoms with Crippen LogP contribution in [-0.4, -0.2) is 28.8 Å². The van der Waals surface area contributed by atoms with Crippen LogP contribution in [0.25, 0.3) is 10.9 Å². The molecule has 5 heteroatoms. The first-order valence-electron chi connectivity index (χ1n) is 6.27. The van der Waals surface area contributed by atoms with Crippen LogP contribution in [0.1, 0.15) is 5.69 Å². The number of para-hydroxylation sites is 1. The van der Waals surface area contributed by atoms with Gasteiger partial charge in [-0.25, -0.2) is 0 Å². The SMILES string of the molecule is C=CCNC(N)=NCCc1nn(C)c2ccccc12. The molecular weight excluding hydrogens is 238 g/mol. The standard InChI is InChI=1S/C14H19N5/c1-3-9-16-14(15)17-10-8-12-11-6-4-5-7-13(11)19(2)18-12/h3-7H,1,8-10H2,2H3,(H3,15,16,17). The topological polar surface area (TPSA) is 68.2 Å². The highest BCUT2D eigenvalue weighted by molar-refractivity contribution is 5.82. The van der Waals surface area contributed by atoms with Crippen molar-refractivity contribution in [3.05, 3.63) is 42.6 Å². The summed E-state index contributed by atoms with van der Waals surface area (Å²) in [4.78, 5) is 4.26. The molecule has 0 atom stereocenters. The second kappa shape index (κ2) is 6.04. The summed E-state index contributed by atoms with van der Waals surface area (Å²) in [6.45, 7) is 4.86. The van der Waals surface area contributed by atoms with Gasteiger partial charge < -0.3 is 11.1 Å². The van der Waals surface area contributed by atoms with E-state index in [1.54, 1.807) is 6.08 Å². The summed E-state index contributed by atoms with van der Waals surface area (Å²) in [6, 6.07) is 8.19. The quantitative estimate of drug-likeness (QED) is 0.480. The molecule has 0 fully saturated rings. The van der Waals surface area contributed by atoms with E-state index >= 15 is 0 Å². The van der Waals surface area contributed by atoms with Crippen molar-refractivity contribution >= 4 is 16.9 Å². The van der Waals surface area contributed by atoms with Crippen molar-refractivity contribution in [2.24, 2.45) is 17.8 Å². The molecule has 1 aromatic carbocycles. The molecule has 0 saturated carbocycles. The van der Waals surface area contributed by atoms with Gasteiger partial charge >= 0.3 is 0 Å². The Labute approximate surface area is 112 Å². The third-order valence-corrected chi connectivity index (χ3v) is 2.89. The van der Waals surface area contributed by atoms with E-state index in [0.717, 1.165) is 17.6 Å². The molecule has 100 valence electrons. The van der Waals surface area contributed by atoms with Crippen molar-refractivity contribution in [3.8, 4) is 0 Å². The Hall–Kier alpha value is -2.30. The van der Waals surface area contributed by atoms with E-state index in [1.807, 2.05) is 23.9 Å². The van der Waals surface area contributed by atoms with Crippen molar-refractivity contribution in [3.63, 3.8) is 0 Å². The van der Waals surface area contributed by atoms with Gasteiger partial charge in [0.15, 0.2) is 5.96 Å². The molecule has 19 heavy (non-hydrogen) atoms. The lowest BCUT2D eigenvalue weighted by Crippen LogP contribution is -2.31. The molecule has 0 amide bonds. The number of aliphatic imine (C=N–C) groups is 1. The number of rotatable bonds is 5. The van der Waals surface area contributed by atoms with Crippen LogP contribution in [0.4, 0.5) is 0 Å². The lowest BCUT2D eigenvalue weighted by atomic mass is 10.2. The molecular formula is C14H19N5. The Balaban J connectivity index is 2.04. The minimum absolute atomic E-state index is 0.445. The number of nitrogens with zero attached hydrogens (tertiary/aromatic N) is 3. The number of aryl methyl sites for hydroxylation is 1. The summed E-state index contributed by atoms with van der Waals surface area (Å²) in [5.41, 5.74) is 7.90. The highest BCUT2D eigenvalue weighted by Gasteiger charge is 2.06. The number of nitrogens with one attached hydrogen (secondary N) is 1. The van der Waals surface area contributed by atoms with Crippen molar-refractivity contribution in [2.75, 3.05) is 13.1 Å². The second-order valence-electron chi connectivity index (χ2n) is 4.27. The van der Waals surface area contributed by atoms with E-state index in [2.05, 4.69) is 34.1 Å². The van der Waals surface area contributed by atoms with Gasteiger partial charge in [0.25, 0.3) is 0 Å². The van der Waals surface area contributed by atoms with Crippen LogP contribution in [-0.2, 0) is 13.5 Å². The van der Waals surface area contributed by atoms with Crippen molar-refractivity contribution in [2.45, 2.75) is 6.42 Å². The molecule has 1 heterocycles. The normalized spacial score (nSPS) is 11.7. The summed E-state index contributed by atoms with van der Waals surface area (Å²) >= 11 is 0. The van der Waals surface area contributed by atoms with Gasteiger partial charge in [-0.15, -0.1) is 6.58 Å². The number of nitrogens with two attached hydrogens (primary N) is 1. The fraction of sp³-hybridized carbons (Fsp3) is 0.286. The highest BCUT2D eigenvalue weighted by atomic mass is 15.3. The van der Waals surface area contributed by atoms with E-state index in [1.165, 1.54) is 5.39 Å². The Morgan fingerprint density at radius 2 is 2.32 bits per heavy atom. The lowest BCUT2D eigenvalue weighted by molar-refractivity contribution is 0.760. The summed E-state index contributed by atoms with van der Waals surface area (Å²) in [7, 11) is 1.95. The molecule has 0 bridgehead atoms. The van der Waals surface area contributed by atoms with Gasteiger partial charge in [-0.3, -0.25) is 9.67 Å². The summed E-state index contributed by atoms with van der Waals surface area (Å²) < 4.78 is 1.90. The van der Waals surface area contributed by atoms with Crippen molar-refractivity contribution in [1.29, 1.82) is 0 Å². The number of guanidine groups is 1. The third-order valence-electron chi connectivity index (χ3n) is 2.89. The predicted molar refractivity (Wildman–Crippen MR) is 79.1 cm³/mol. The molecule has 0 aliphatic heterocycles. The Bertz CT molecular complexity index is 597. The molecule has 3 N–H and O–H groups in total. The minimum atomic E-state index is 0.445. The fourth-order valence-corrected chi connectivity index (χ4v) is 1.99. The van der Waals surface area contributed by atoms with E-state index in [-0.39, 0.29) is 0 Å². The zero-order valence-electron chi connectivity index (χ0n) is 11.1. The molecule has 2 rings (SSSR count). The number of hydrogen-bond acceptors (Lipinski definition) is 2. The van der Waals surface area contributed by atoms with Crippen LogP contribution < -0.4 is 11.1 Å². The Morgan fingerprint density at radius 1 is 1.53 bits per heavy atom. The average Bonchev–Trinajstić information content (AvgIpc) is 2.74. The van der Waals surface area contributed by atoms with Gasteiger partial charge in [0, 0.05) is 31.9 Å². The number of fused-ring (bicyclic) bond motifs is 1. The van der Waals surface area contributed by atoms with Crippen LogP contribution in [0.5, 0.6) is 0 Å². The Morgan fingerprint density at radius 3 is 3.11 bits per heavy atom. The van der Waals surface area contributed by atoms with E-state index in [4.69, 9.17) is 5.73 Å². The first kappa shape index (κ1) is 13.1. The van der Waals surface area contributed by atoms with Crippen LogP contribution in [0.2, 0.25) is 0 Å². The number of hydrogen-bond donors (Lipinski definition) is 2. The van der Waals surface area contributed by atoms with Crippen LogP contribution >= 0.6 is 0 Å². The maximum Gasteiger partial charge on any atom is 0.188 e. The third kappa shape index (κ3) is 3.13. The first-order chi connectivity index (χ1) is 9.22. The molecule has 0 radical (unpaired) electrons. The molecule has 0 aliphatic rings. The first-order valence-corrected chi connectivity index (χ1v) is 6.27. The minimum Gasteiger partial charge on any atom is -0.370 e. The molecule has 0 unspecified atom stereocenters. The number of aromatic nitrogens is 2. The van der Waals surface area contributed by atoms with Crippen LogP contribution in [0.15, 0.2) is 41.9 Å². The van der Waals surface area contributed by atoms with Crippen molar-refractivity contribution in [1.82, 2.24) is 15.1 Å². The predicted octanol–water partition coefficient (Wildman–Crippen LogP) is 1.21. The molecule has 1 aromatic heterocycles. The van der Waals surface area contributed by atoms with E-state index in [0.29, 0.717) is 19.0 Å². The van der Waals surface area contributed by atoms with Gasteiger partial charge in [-0.1, -0.05) is 24.3 Å². The zero-order chi connectivity index (χ0) is 13.7. The fourth-order valence-electron chi connectivity index (χ4n) is 1.99. The highest BCUT2D eigenvalue weighted by Crippen LogP contribution is 2.17. The summed E-state index contributed by atoms with van der Waals surface area (Å²) in [5.74, 6) is 0.445. The average molecular weight is 257 g/mol. The summed E-state index contributed by atoms with van der Waals surface area (Å²) in [6.07, 6.45) is 2.52. The molecule has 5 nitrogen and oxygen atoms in total. The second-order valence-corrected chi connectivity index (χ2v) is 4.27. The molecule has 0 saturated heterocycles. The summed E-state index contributed by atoms with van der Waals surface area (Å²) in [5, 5.41) is 8.64. The smallest absolute Gasteiger partial charge is 0.188 e. The van der Waals surface area contributed by atoms with Crippen LogP contribution in [0, 0.1) is 0 Å². The lowest BCUT2D eigenvalue weighted by Gasteiger charge is -2.01. The molecule has 2 aromatic rings. The van der Waals surface area contributed by atoms with Gasteiger partial charge in [0.05, 0.1) is 11.2 Å². The van der Waals surface area contributed by atoms with Crippen molar-refractivity contribution < 1.29 is 0 Å². The van der Waals surface area contributed by atoms with E-state index in [9.17, 15) is 0 Å². The number of benzene rings is 1. The van der Waals surface area contributed by atoms with Crippen LogP contribution in [0.3, 0.4) is 0 Å². The Kier molecular flexibility index (Phi) is 4.18. The van der Waals surface area contributed by atoms with Gasteiger partial charge in [0.1, 0.15) is 0 Å². The monoisotopic (exact) mass is 257 g/mol. The molecule has 0 aliphatic carbocycles. The maximum absolute atomic E-state index is 5.71.